The zero-order chi connectivity index (χ0) is 13.1. The predicted octanol–water partition coefficient (Wildman–Crippen LogP) is 1.65. The summed E-state index contributed by atoms with van der Waals surface area (Å²) < 4.78 is 5.77. The maximum absolute atomic E-state index is 12.1. The molecule has 1 amide bonds. The van der Waals surface area contributed by atoms with Crippen LogP contribution in [0.3, 0.4) is 0 Å². The summed E-state index contributed by atoms with van der Waals surface area (Å²) in [5.74, 6) is 1.23. The summed E-state index contributed by atoms with van der Waals surface area (Å²) in [6.45, 7) is 1.61. The average molecular weight is 261 g/mol. The third kappa shape index (κ3) is 2.85. The monoisotopic (exact) mass is 261 g/mol. The first-order valence-corrected chi connectivity index (χ1v) is 7.04. The van der Waals surface area contributed by atoms with Gasteiger partial charge in [-0.25, -0.2) is 4.98 Å². The van der Waals surface area contributed by atoms with Gasteiger partial charge < -0.3 is 9.64 Å². The number of hydrogen-bond donors (Lipinski definition) is 0. The second-order valence-electron chi connectivity index (χ2n) is 5.31. The van der Waals surface area contributed by atoms with E-state index in [1.54, 1.807) is 18.6 Å². The van der Waals surface area contributed by atoms with E-state index in [4.69, 9.17) is 4.74 Å². The molecule has 0 bridgehead atoms. The molecule has 0 N–H and O–H groups in total. The molecule has 1 aromatic heterocycles. The lowest BCUT2D eigenvalue weighted by Gasteiger charge is -2.36. The van der Waals surface area contributed by atoms with Gasteiger partial charge in [0.25, 0.3) is 0 Å². The van der Waals surface area contributed by atoms with Crippen molar-refractivity contribution in [2.45, 2.75) is 38.2 Å². The Morgan fingerprint density at radius 1 is 1.21 bits per heavy atom. The number of nitrogens with zero attached hydrogens (tertiary/aromatic N) is 3. The molecule has 2 aliphatic rings. The highest BCUT2D eigenvalue weighted by Gasteiger charge is 2.32. The number of piperidine rings is 1. The van der Waals surface area contributed by atoms with Crippen molar-refractivity contribution < 1.29 is 9.53 Å². The number of hydrogen-bond acceptors (Lipinski definition) is 4. The Morgan fingerprint density at radius 2 is 2.00 bits per heavy atom. The van der Waals surface area contributed by atoms with Crippen LogP contribution in [0.5, 0.6) is 5.88 Å². The summed E-state index contributed by atoms with van der Waals surface area (Å²) >= 11 is 0. The van der Waals surface area contributed by atoms with Crippen LogP contribution in [0.1, 0.15) is 32.1 Å². The van der Waals surface area contributed by atoms with Gasteiger partial charge in [-0.2, -0.15) is 0 Å². The maximum Gasteiger partial charge on any atom is 0.232 e. The highest BCUT2D eigenvalue weighted by molar-refractivity contribution is 5.79. The Balaban J connectivity index is 1.48. The normalized spacial score (nSPS) is 20.9. The van der Waals surface area contributed by atoms with Gasteiger partial charge in [0, 0.05) is 44.2 Å². The molecule has 1 saturated heterocycles. The molecule has 3 rings (SSSR count). The molecule has 0 atom stereocenters. The molecule has 2 heterocycles. The van der Waals surface area contributed by atoms with Gasteiger partial charge in [-0.05, 0) is 12.8 Å². The van der Waals surface area contributed by atoms with E-state index in [-0.39, 0.29) is 6.10 Å². The van der Waals surface area contributed by atoms with E-state index in [0.29, 0.717) is 17.7 Å². The first kappa shape index (κ1) is 12.4. The quantitative estimate of drug-likeness (QED) is 0.830. The Kier molecular flexibility index (Phi) is 3.62. The number of carbonyl (C=O) groups excluding carboxylic acids is 1. The Bertz CT molecular complexity index is 426. The standard InChI is InChI=1S/C14H19N3O2/c18-14(11-2-1-3-11)17-8-4-12(5-9-17)19-13-10-15-6-7-16-13/h6-7,10-12H,1-5,8-9H2. The molecule has 0 radical (unpaired) electrons. The summed E-state index contributed by atoms with van der Waals surface area (Å²) in [5, 5.41) is 0. The first-order valence-electron chi connectivity index (χ1n) is 7.04. The van der Waals surface area contributed by atoms with Crippen molar-refractivity contribution in [3.8, 4) is 5.88 Å². The van der Waals surface area contributed by atoms with E-state index in [1.165, 1.54) is 6.42 Å². The van der Waals surface area contributed by atoms with E-state index in [9.17, 15) is 4.79 Å². The molecule has 0 unspecified atom stereocenters. The second-order valence-corrected chi connectivity index (χ2v) is 5.31. The van der Waals surface area contributed by atoms with E-state index in [2.05, 4.69) is 9.97 Å². The van der Waals surface area contributed by atoms with Gasteiger partial charge in [-0.3, -0.25) is 9.78 Å². The molecule has 0 spiro atoms. The van der Waals surface area contributed by atoms with Gasteiger partial charge in [-0.1, -0.05) is 6.42 Å². The fourth-order valence-electron chi connectivity index (χ4n) is 2.62. The van der Waals surface area contributed by atoms with Crippen LogP contribution in [-0.4, -0.2) is 40.0 Å². The molecule has 1 aliphatic carbocycles. The fourth-order valence-corrected chi connectivity index (χ4v) is 2.62. The molecule has 1 saturated carbocycles. The zero-order valence-electron chi connectivity index (χ0n) is 11.0. The van der Waals surface area contributed by atoms with Crippen molar-refractivity contribution in [2.24, 2.45) is 5.92 Å². The van der Waals surface area contributed by atoms with Crippen LogP contribution in [0.4, 0.5) is 0 Å². The van der Waals surface area contributed by atoms with Crippen LogP contribution < -0.4 is 4.74 Å². The van der Waals surface area contributed by atoms with Crippen molar-refractivity contribution in [2.75, 3.05) is 13.1 Å². The Hall–Kier alpha value is -1.65. The molecule has 5 heteroatoms. The van der Waals surface area contributed by atoms with Gasteiger partial charge in [0.1, 0.15) is 6.10 Å². The summed E-state index contributed by atoms with van der Waals surface area (Å²) in [5.41, 5.74) is 0. The van der Waals surface area contributed by atoms with Crippen LogP contribution in [0.2, 0.25) is 0 Å². The number of rotatable bonds is 3. The van der Waals surface area contributed by atoms with Crippen LogP contribution in [-0.2, 0) is 4.79 Å². The first-order chi connectivity index (χ1) is 9.33. The number of likely N-dealkylation sites (tertiary alicyclic amines) is 1. The largest absolute Gasteiger partial charge is 0.473 e. The van der Waals surface area contributed by atoms with Gasteiger partial charge >= 0.3 is 0 Å². The minimum Gasteiger partial charge on any atom is -0.473 e. The van der Waals surface area contributed by atoms with Crippen molar-refractivity contribution in [1.82, 2.24) is 14.9 Å². The van der Waals surface area contributed by atoms with Crippen molar-refractivity contribution in [3.05, 3.63) is 18.6 Å². The second kappa shape index (κ2) is 5.55. The van der Waals surface area contributed by atoms with Gasteiger partial charge in [0.05, 0.1) is 6.20 Å². The minimum atomic E-state index is 0.155. The SMILES string of the molecule is O=C(C1CCC1)N1CCC(Oc2cnccn2)CC1. The van der Waals surface area contributed by atoms with Gasteiger partial charge in [0.15, 0.2) is 0 Å². The summed E-state index contributed by atoms with van der Waals surface area (Å²) in [7, 11) is 0. The molecule has 102 valence electrons. The van der Waals surface area contributed by atoms with E-state index < -0.39 is 0 Å². The van der Waals surface area contributed by atoms with Gasteiger partial charge in [0.2, 0.25) is 11.8 Å². The fraction of sp³-hybridized carbons (Fsp3) is 0.643. The third-order valence-corrected chi connectivity index (χ3v) is 4.03. The molecule has 5 nitrogen and oxygen atoms in total. The lowest BCUT2D eigenvalue weighted by Crippen LogP contribution is -2.45. The molecule has 1 aromatic rings. The molecule has 1 aliphatic heterocycles. The Morgan fingerprint density at radius 3 is 2.58 bits per heavy atom. The molecule has 0 aromatic carbocycles. The van der Waals surface area contributed by atoms with Crippen molar-refractivity contribution in [3.63, 3.8) is 0 Å². The number of ether oxygens (including phenoxy) is 1. The van der Waals surface area contributed by atoms with Crippen molar-refractivity contribution in [1.29, 1.82) is 0 Å². The summed E-state index contributed by atoms with van der Waals surface area (Å²) in [4.78, 5) is 22.2. The van der Waals surface area contributed by atoms with Crippen molar-refractivity contribution >= 4 is 5.91 Å². The van der Waals surface area contributed by atoms with Crippen LogP contribution in [0.15, 0.2) is 18.6 Å². The highest BCUT2D eigenvalue weighted by atomic mass is 16.5. The topological polar surface area (TPSA) is 55.3 Å². The Labute approximate surface area is 113 Å². The van der Waals surface area contributed by atoms with Crippen LogP contribution in [0.25, 0.3) is 0 Å². The highest BCUT2D eigenvalue weighted by Crippen LogP contribution is 2.29. The van der Waals surface area contributed by atoms with Crippen LogP contribution in [0, 0.1) is 5.92 Å². The van der Waals surface area contributed by atoms with E-state index in [0.717, 1.165) is 38.8 Å². The molecule has 19 heavy (non-hydrogen) atoms. The van der Waals surface area contributed by atoms with E-state index in [1.807, 2.05) is 4.90 Å². The summed E-state index contributed by atoms with van der Waals surface area (Å²) in [6.07, 6.45) is 10.2. The summed E-state index contributed by atoms with van der Waals surface area (Å²) in [6, 6.07) is 0. The lowest BCUT2D eigenvalue weighted by atomic mass is 9.84. The number of amides is 1. The van der Waals surface area contributed by atoms with E-state index >= 15 is 0 Å². The zero-order valence-corrected chi connectivity index (χ0v) is 11.0. The number of carbonyl (C=O) groups is 1. The molecular weight excluding hydrogens is 242 g/mol. The smallest absolute Gasteiger partial charge is 0.232 e. The molecular formula is C14H19N3O2. The van der Waals surface area contributed by atoms with Crippen LogP contribution >= 0.6 is 0 Å². The lowest BCUT2D eigenvalue weighted by molar-refractivity contribution is -0.140. The maximum atomic E-state index is 12.1. The minimum absolute atomic E-state index is 0.155. The third-order valence-electron chi connectivity index (χ3n) is 4.03. The number of aromatic nitrogens is 2. The average Bonchev–Trinajstić information content (AvgIpc) is 2.39. The molecule has 2 fully saturated rings. The predicted molar refractivity (Wildman–Crippen MR) is 69.6 cm³/mol. The van der Waals surface area contributed by atoms with Gasteiger partial charge in [-0.15, -0.1) is 0 Å².